The molecule has 0 amide bonds. The van der Waals surface area contributed by atoms with Gasteiger partial charge in [0.15, 0.2) is 0 Å². The maximum Gasteiger partial charge on any atom is 0.0441 e. The average molecular weight is 260 g/mol. The average Bonchev–Trinajstić information content (AvgIpc) is 2.52. The molecule has 3 unspecified atom stereocenters. The number of rotatable bonds is 6. The van der Waals surface area contributed by atoms with Gasteiger partial charge in [-0.1, -0.05) is 6.92 Å². The van der Waals surface area contributed by atoms with Crippen molar-refractivity contribution in [3.63, 3.8) is 0 Å². The van der Waals surface area contributed by atoms with Gasteiger partial charge in [-0.05, 0) is 52.2 Å². The largest absolute Gasteiger partial charge is 0.313 e. The van der Waals surface area contributed by atoms with Crippen molar-refractivity contribution in [2.24, 2.45) is 0 Å². The van der Waals surface area contributed by atoms with E-state index in [1.54, 1.807) is 6.26 Å². The number of likely N-dealkylation sites (tertiary alicyclic amines) is 1. The second kappa shape index (κ2) is 8.22. The second-order valence-corrected chi connectivity index (χ2v) is 6.99. The molecule has 0 spiro atoms. The Balaban J connectivity index is 2.24. The molecule has 0 aliphatic carbocycles. The fourth-order valence-corrected chi connectivity index (χ4v) is 2.68. The summed E-state index contributed by atoms with van der Waals surface area (Å²) in [4.78, 5) is 2.57. The van der Waals surface area contributed by atoms with Crippen LogP contribution in [-0.4, -0.2) is 52.8 Å². The Kier molecular flexibility index (Phi) is 7.32. The minimum Gasteiger partial charge on any atom is -0.313 e. The molecular weight excluding hydrogens is 232 g/mol. The topological polar surface area (TPSA) is 32.3 Å². The first-order valence-corrected chi connectivity index (χ1v) is 8.53. The monoisotopic (exact) mass is 260 g/mol. The van der Waals surface area contributed by atoms with Crippen molar-refractivity contribution >= 4 is 10.8 Å². The molecule has 0 aromatic carbocycles. The van der Waals surface area contributed by atoms with Crippen molar-refractivity contribution in [3.8, 4) is 0 Å². The summed E-state index contributed by atoms with van der Waals surface area (Å²) in [6, 6.07) is 0.628. The van der Waals surface area contributed by atoms with Crippen LogP contribution in [0.3, 0.4) is 0 Å². The van der Waals surface area contributed by atoms with E-state index in [9.17, 15) is 4.21 Å². The Morgan fingerprint density at radius 2 is 2.18 bits per heavy atom. The summed E-state index contributed by atoms with van der Waals surface area (Å²) in [5.41, 5.74) is 0. The van der Waals surface area contributed by atoms with Gasteiger partial charge in [-0.2, -0.15) is 0 Å². The molecule has 1 aliphatic rings. The molecule has 1 heterocycles. The summed E-state index contributed by atoms with van der Waals surface area (Å²) in [5.74, 6) is 0. The molecule has 0 aromatic rings. The van der Waals surface area contributed by atoms with E-state index in [1.807, 2.05) is 0 Å². The second-order valence-electron chi connectivity index (χ2n) is 5.19. The van der Waals surface area contributed by atoms with Crippen LogP contribution in [0, 0.1) is 0 Å². The lowest BCUT2D eigenvalue weighted by molar-refractivity contribution is 0.283. The third-order valence-corrected chi connectivity index (χ3v) is 4.92. The summed E-state index contributed by atoms with van der Waals surface area (Å²) < 4.78 is 11.3. The van der Waals surface area contributed by atoms with Gasteiger partial charge in [-0.25, -0.2) is 0 Å². The van der Waals surface area contributed by atoms with E-state index in [0.717, 1.165) is 6.54 Å². The number of hydrogen-bond acceptors (Lipinski definition) is 3. The Morgan fingerprint density at radius 1 is 1.41 bits per heavy atom. The van der Waals surface area contributed by atoms with Crippen molar-refractivity contribution in [2.45, 2.75) is 50.8 Å². The SMILES string of the molecule is CCCN1CCCC(NCC(C)S(C)=O)CC1. The molecule has 0 bridgehead atoms. The molecule has 4 heteroatoms. The highest BCUT2D eigenvalue weighted by molar-refractivity contribution is 7.84. The lowest BCUT2D eigenvalue weighted by Gasteiger charge is -2.20. The van der Waals surface area contributed by atoms with Crippen molar-refractivity contribution in [3.05, 3.63) is 0 Å². The van der Waals surface area contributed by atoms with Crippen LogP contribution in [0.1, 0.15) is 39.5 Å². The first-order valence-electron chi connectivity index (χ1n) is 6.91. The molecule has 0 radical (unpaired) electrons. The van der Waals surface area contributed by atoms with E-state index >= 15 is 0 Å². The van der Waals surface area contributed by atoms with Gasteiger partial charge < -0.3 is 10.2 Å². The molecule has 1 saturated heterocycles. The smallest absolute Gasteiger partial charge is 0.0441 e. The molecule has 1 aliphatic heterocycles. The van der Waals surface area contributed by atoms with Gasteiger partial charge in [0.05, 0.1) is 0 Å². The quantitative estimate of drug-likeness (QED) is 0.787. The summed E-state index contributed by atoms with van der Waals surface area (Å²) in [6.45, 7) is 8.90. The van der Waals surface area contributed by atoms with Gasteiger partial charge in [-0.3, -0.25) is 4.21 Å². The zero-order chi connectivity index (χ0) is 12.7. The van der Waals surface area contributed by atoms with E-state index in [-0.39, 0.29) is 5.25 Å². The fourth-order valence-electron chi connectivity index (χ4n) is 2.35. The summed E-state index contributed by atoms with van der Waals surface area (Å²) in [6.07, 6.45) is 6.85. The number of hydrogen-bond donors (Lipinski definition) is 1. The molecule has 3 atom stereocenters. The van der Waals surface area contributed by atoms with E-state index in [1.165, 1.54) is 45.3 Å². The third kappa shape index (κ3) is 5.98. The van der Waals surface area contributed by atoms with Gasteiger partial charge in [0.25, 0.3) is 0 Å². The molecule has 1 fully saturated rings. The predicted octanol–water partition coefficient (Wildman–Crippen LogP) is 1.61. The zero-order valence-corrected chi connectivity index (χ0v) is 12.4. The minimum absolute atomic E-state index is 0.269. The molecule has 1 N–H and O–H groups in total. The molecular formula is C13H28N2OS. The van der Waals surface area contributed by atoms with Crippen molar-refractivity contribution in [1.82, 2.24) is 10.2 Å². The van der Waals surface area contributed by atoms with Gasteiger partial charge in [-0.15, -0.1) is 0 Å². The Morgan fingerprint density at radius 3 is 2.82 bits per heavy atom. The van der Waals surface area contributed by atoms with Crippen LogP contribution >= 0.6 is 0 Å². The van der Waals surface area contributed by atoms with Crippen LogP contribution < -0.4 is 5.32 Å². The lowest BCUT2D eigenvalue weighted by Crippen LogP contribution is -2.36. The zero-order valence-electron chi connectivity index (χ0n) is 11.6. The van der Waals surface area contributed by atoms with Crippen molar-refractivity contribution in [1.29, 1.82) is 0 Å². The van der Waals surface area contributed by atoms with Crippen LogP contribution in [0.2, 0.25) is 0 Å². The summed E-state index contributed by atoms with van der Waals surface area (Å²) in [5, 5.41) is 3.85. The van der Waals surface area contributed by atoms with Gasteiger partial charge in [0.2, 0.25) is 0 Å². The highest BCUT2D eigenvalue weighted by Crippen LogP contribution is 2.11. The first-order chi connectivity index (χ1) is 8.13. The highest BCUT2D eigenvalue weighted by atomic mass is 32.2. The predicted molar refractivity (Wildman–Crippen MR) is 75.9 cm³/mol. The van der Waals surface area contributed by atoms with E-state index in [4.69, 9.17) is 0 Å². The normalized spacial score (nSPS) is 26.4. The van der Waals surface area contributed by atoms with Crippen LogP contribution in [0.25, 0.3) is 0 Å². The molecule has 0 aromatic heterocycles. The Labute approximate surface area is 109 Å². The maximum atomic E-state index is 11.3. The molecule has 1 rings (SSSR count). The van der Waals surface area contributed by atoms with Crippen LogP contribution in [-0.2, 0) is 10.8 Å². The van der Waals surface area contributed by atoms with Crippen LogP contribution in [0.4, 0.5) is 0 Å². The molecule has 102 valence electrons. The maximum absolute atomic E-state index is 11.3. The Hall–Kier alpha value is 0.0700. The third-order valence-electron chi connectivity index (χ3n) is 3.62. The lowest BCUT2D eigenvalue weighted by atomic mass is 10.1. The van der Waals surface area contributed by atoms with Gasteiger partial charge in [0, 0.05) is 34.9 Å². The highest BCUT2D eigenvalue weighted by Gasteiger charge is 2.17. The first kappa shape index (κ1) is 15.1. The number of nitrogens with zero attached hydrogens (tertiary/aromatic N) is 1. The van der Waals surface area contributed by atoms with Crippen LogP contribution in [0.5, 0.6) is 0 Å². The minimum atomic E-state index is -0.702. The molecule has 0 saturated carbocycles. The Bertz CT molecular complexity index is 235. The van der Waals surface area contributed by atoms with Crippen LogP contribution in [0.15, 0.2) is 0 Å². The molecule has 17 heavy (non-hydrogen) atoms. The number of nitrogens with one attached hydrogen (secondary N) is 1. The van der Waals surface area contributed by atoms with Gasteiger partial charge in [0.1, 0.15) is 0 Å². The van der Waals surface area contributed by atoms with Crippen molar-refractivity contribution in [2.75, 3.05) is 32.4 Å². The molecule has 3 nitrogen and oxygen atoms in total. The standard InChI is InChI=1S/C13H28N2OS/c1-4-8-15-9-5-6-13(7-10-15)14-11-12(2)17(3)16/h12-14H,4-11H2,1-3H3. The van der Waals surface area contributed by atoms with E-state index < -0.39 is 10.8 Å². The van der Waals surface area contributed by atoms with E-state index in [2.05, 4.69) is 24.1 Å². The van der Waals surface area contributed by atoms with E-state index in [0.29, 0.717) is 6.04 Å². The van der Waals surface area contributed by atoms with Crippen molar-refractivity contribution < 1.29 is 4.21 Å². The summed E-state index contributed by atoms with van der Waals surface area (Å²) in [7, 11) is -0.702. The summed E-state index contributed by atoms with van der Waals surface area (Å²) >= 11 is 0. The fraction of sp³-hybridized carbons (Fsp3) is 1.00. The van der Waals surface area contributed by atoms with Gasteiger partial charge >= 0.3 is 0 Å².